The molecular weight excluding hydrogens is 306 g/mol. The molecule has 0 aromatic carbocycles. The SMILES string of the molecule is CCN(C)[C@H](C)CC[C@H](C)[C@H](C)C1C[C@]12CCC(C)[C@H]2CCCNN. The van der Waals surface area contributed by atoms with Gasteiger partial charge < -0.3 is 4.90 Å². The Hall–Kier alpha value is -0.120. The van der Waals surface area contributed by atoms with E-state index in [1.54, 1.807) is 0 Å². The van der Waals surface area contributed by atoms with Crippen molar-refractivity contribution in [1.82, 2.24) is 10.3 Å². The van der Waals surface area contributed by atoms with Crippen LogP contribution in [0.15, 0.2) is 0 Å². The molecule has 25 heavy (non-hydrogen) atoms. The van der Waals surface area contributed by atoms with Crippen LogP contribution in [0.25, 0.3) is 0 Å². The number of rotatable bonds is 11. The van der Waals surface area contributed by atoms with Gasteiger partial charge in [0.2, 0.25) is 0 Å². The van der Waals surface area contributed by atoms with E-state index in [2.05, 4.69) is 52.0 Å². The highest BCUT2D eigenvalue weighted by Crippen LogP contribution is 2.71. The molecule has 0 radical (unpaired) electrons. The first-order chi connectivity index (χ1) is 11.9. The second-order valence-corrected chi connectivity index (χ2v) is 9.60. The summed E-state index contributed by atoms with van der Waals surface area (Å²) >= 11 is 0. The normalized spacial score (nSPS) is 35.3. The molecule has 148 valence electrons. The van der Waals surface area contributed by atoms with E-state index in [0.717, 1.165) is 48.7 Å². The molecule has 0 aliphatic heterocycles. The van der Waals surface area contributed by atoms with Crippen molar-refractivity contribution in [3.8, 4) is 0 Å². The average molecular weight is 352 g/mol. The smallest absolute Gasteiger partial charge is 0.00975 e. The molecule has 2 rings (SSSR count). The lowest BCUT2D eigenvalue weighted by Crippen LogP contribution is -2.29. The van der Waals surface area contributed by atoms with Crippen molar-refractivity contribution in [3.05, 3.63) is 0 Å². The molecule has 0 amide bonds. The van der Waals surface area contributed by atoms with E-state index < -0.39 is 0 Å². The number of hydrogen-bond acceptors (Lipinski definition) is 3. The molecule has 3 nitrogen and oxygen atoms in total. The van der Waals surface area contributed by atoms with Crippen LogP contribution in [-0.2, 0) is 0 Å². The molecule has 1 spiro atoms. The second kappa shape index (κ2) is 9.19. The monoisotopic (exact) mass is 351 g/mol. The van der Waals surface area contributed by atoms with Crippen LogP contribution >= 0.6 is 0 Å². The van der Waals surface area contributed by atoms with E-state index in [0.29, 0.717) is 5.41 Å². The minimum absolute atomic E-state index is 0.702. The van der Waals surface area contributed by atoms with Gasteiger partial charge >= 0.3 is 0 Å². The summed E-state index contributed by atoms with van der Waals surface area (Å²) in [6.45, 7) is 14.4. The summed E-state index contributed by atoms with van der Waals surface area (Å²) in [6.07, 6.45) is 9.80. The van der Waals surface area contributed by atoms with Gasteiger partial charge in [0.15, 0.2) is 0 Å². The van der Waals surface area contributed by atoms with Crippen LogP contribution in [-0.4, -0.2) is 31.1 Å². The van der Waals surface area contributed by atoms with Crippen LogP contribution in [0.2, 0.25) is 0 Å². The Morgan fingerprint density at radius 1 is 1.24 bits per heavy atom. The third-order valence-electron chi connectivity index (χ3n) is 8.33. The van der Waals surface area contributed by atoms with Gasteiger partial charge in [0.1, 0.15) is 0 Å². The third kappa shape index (κ3) is 4.78. The number of hydrazine groups is 1. The van der Waals surface area contributed by atoms with Gasteiger partial charge in [-0.25, -0.2) is 0 Å². The molecular formula is C22H45N3. The molecule has 7 atom stereocenters. The lowest BCUT2D eigenvalue weighted by Gasteiger charge is -2.29. The highest BCUT2D eigenvalue weighted by molar-refractivity contribution is 5.12. The van der Waals surface area contributed by atoms with Crippen molar-refractivity contribution in [2.75, 3.05) is 20.1 Å². The topological polar surface area (TPSA) is 41.3 Å². The lowest BCUT2D eigenvalue weighted by molar-refractivity contribution is 0.195. The largest absolute Gasteiger partial charge is 0.304 e. The molecule has 3 heteroatoms. The van der Waals surface area contributed by atoms with Crippen molar-refractivity contribution < 1.29 is 0 Å². The Morgan fingerprint density at radius 3 is 2.60 bits per heavy atom. The van der Waals surface area contributed by atoms with E-state index in [-0.39, 0.29) is 0 Å². The molecule has 0 heterocycles. The summed E-state index contributed by atoms with van der Waals surface area (Å²) in [4.78, 5) is 2.48. The Labute approximate surface area is 157 Å². The number of nitrogens with two attached hydrogens (primary N) is 1. The minimum Gasteiger partial charge on any atom is -0.304 e. The first kappa shape index (κ1) is 21.2. The van der Waals surface area contributed by atoms with Crippen LogP contribution < -0.4 is 11.3 Å². The minimum atomic E-state index is 0.702. The van der Waals surface area contributed by atoms with Gasteiger partial charge in [-0.15, -0.1) is 0 Å². The molecule has 0 aromatic heterocycles. The summed E-state index contributed by atoms with van der Waals surface area (Å²) in [6, 6.07) is 0.718. The van der Waals surface area contributed by atoms with Crippen molar-refractivity contribution in [3.63, 3.8) is 0 Å². The van der Waals surface area contributed by atoms with Gasteiger partial charge in [0.25, 0.3) is 0 Å². The Morgan fingerprint density at radius 2 is 1.96 bits per heavy atom. The zero-order valence-electron chi connectivity index (χ0n) is 17.9. The Kier molecular flexibility index (Phi) is 7.79. The standard InChI is InChI=1S/C22H45N3/c1-7-25(6)18(4)11-10-16(2)19(5)21-15-22(21)13-12-17(3)20(22)9-8-14-24-23/h16-21,24H,7-15,23H2,1-6H3/t16-,17?,18+,19-,20+,21?,22-/m0/s1. The van der Waals surface area contributed by atoms with Gasteiger partial charge in [0, 0.05) is 12.6 Å². The first-order valence-corrected chi connectivity index (χ1v) is 11.0. The first-order valence-electron chi connectivity index (χ1n) is 11.0. The summed E-state index contributed by atoms with van der Waals surface area (Å²) in [5, 5.41) is 0. The fourth-order valence-corrected chi connectivity index (χ4v) is 5.92. The molecule has 0 aromatic rings. The maximum Gasteiger partial charge on any atom is 0.00975 e. The maximum absolute atomic E-state index is 5.48. The third-order valence-corrected chi connectivity index (χ3v) is 8.33. The fourth-order valence-electron chi connectivity index (χ4n) is 5.92. The predicted molar refractivity (Wildman–Crippen MR) is 109 cm³/mol. The highest BCUT2D eigenvalue weighted by Gasteiger charge is 2.63. The number of nitrogens with one attached hydrogen (secondary N) is 1. The number of hydrogen-bond donors (Lipinski definition) is 2. The molecule has 2 aliphatic rings. The average Bonchev–Trinajstić information content (AvgIpc) is 3.26. The van der Waals surface area contributed by atoms with Crippen LogP contribution in [0.5, 0.6) is 0 Å². The summed E-state index contributed by atoms with van der Waals surface area (Å²) in [7, 11) is 2.26. The Bertz CT molecular complexity index is 399. The number of nitrogens with zero attached hydrogens (tertiary/aromatic N) is 1. The highest BCUT2D eigenvalue weighted by atomic mass is 15.2. The van der Waals surface area contributed by atoms with E-state index in [9.17, 15) is 0 Å². The van der Waals surface area contributed by atoms with Crippen LogP contribution in [0.4, 0.5) is 0 Å². The maximum atomic E-state index is 5.48. The van der Waals surface area contributed by atoms with Crippen LogP contribution in [0.1, 0.15) is 79.6 Å². The van der Waals surface area contributed by atoms with Crippen molar-refractivity contribution >= 4 is 0 Å². The molecule has 0 saturated heterocycles. The zero-order chi connectivity index (χ0) is 18.6. The molecule has 3 N–H and O–H groups in total. The van der Waals surface area contributed by atoms with Gasteiger partial charge in [-0.05, 0) is 100 Å². The summed E-state index contributed by atoms with van der Waals surface area (Å²) in [5.41, 5.74) is 3.55. The van der Waals surface area contributed by atoms with Crippen molar-refractivity contribution in [1.29, 1.82) is 0 Å². The lowest BCUT2D eigenvalue weighted by atomic mass is 9.77. The zero-order valence-corrected chi connectivity index (χ0v) is 17.9. The molecule has 0 bridgehead atoms. The van der Waals surface area contributed by atoms with Gasteiger partial charge in [-0.3, -0.25) is 11.3 Å². The predicted octanol–water partition coefficient (Wildman–Crippen LogP) is 4.67. The van der Waals surface area contributed by atoms with Crippen LogP contribution in [0.3, 0.4) is 0 Å². The molecule has 2 fully saturated rings. The van der Waals surface area contributed by atoms with E-state index in [1.165, 1.54) is 44.9 Å². The van der Waals surface area contributed by atoms with Gasteiger partial charge in [0.05, 0.1) is 0 Å². The molecule has 2 saturated carbocycles. The van der Waals surface area contributed by atoms with Gasteiger partial charge in [-0.2, -0.15) is 0 Å². The quantitative estimate of drug-likeness (QED) is 0.323. The van der Waals surface area contributed by atoms with Crippen molar-refractivity contribution in [2.45, 2.75) is 85.6 Å². The fraction of sp³-hybridized carbons (Fsp3) is 1.00. The Balaban J connectivity index is 1.85. The van der Waals surface area contributed by atoms with E-state index in [4.69, 9.17) is 5.84 Å². The van der Waals surface area contributed by atoms with E-state index in [1.807, 2.05) is 0 Å². The molecule has 2 aliphatic carbocycles. The van der Waals surface area contributed by atoms with Crippen molar-refractivity contribution in [2.24, 2.45) is 40.8 Å². The summed E-state index contributed by atoms with van der Waals surface area (Å²) < 4.78 is 0. The molecule has 2 unspecified atom stereocenters. The van der Waals surface area contributed by atoms with E-state index >= 15 is 0 Å². The van der Waals surface area contributed by atoms with Gasteiger partial charge in [-0.1, -0.05) is 27.7 Å². The van der Waals surface area contributed by atoms with Crippen LogP contribution in [0, 0.1) is 35.0 Å². The summed E-state index contributed by atoms with van der Waals surface area (Å²) in [5.74, 6) is 10.1. The second-order valence-electron chi connectivity index (χ2n) is 9.60.